The molecule has 2 aromatic carbocycles. The molecule has 0 saturated carbocycles. The Bertz CT molecular complexity index is 1050. The lowest BCUT2D eigenvalue weighted by Crippen LogP contribution is -2.35. The lowest BCUT2D eigenvalue weighted by Gasteiger charge is -2.14. The van der Waals surface area contributed by atoms with Crippen LogP contribution in [0.15, 0.2) is 42.5 Å². The first-order chi connectivity index (χ1) is 13.9. The summed E-state index contributed by atoms with van der Waals surface area (Å²) in [6, 6.07) is 11.4. The first-order valence-corrected chi connectivity index (χ1v) is 9.62. The molecule has 0 unspecified atom stereocenters. The summed E-state index contributed by atoms with van der Waals surface area (Å²) in [7, 11) is 3.07. The molecule has 1 atom stereocenters. The van der Waals surface area contributed by atoms with Crippen molar-refractivity contribution in [3.05, 3.63) is 58.7 Å². The van der Waals surface area contributed by atoms with E-state index < -0.39 is 23.8 Å². The molecule has 0 bridgehead atoms. The minimum absolute atomic E-state index is 0.231. The van der Waals surface area contributed by atoms with E-state index in [1.807, 2.05) is 0 Å². The van der Waals surface area contributed by atoms with Gasteiger partial charge in [-0.25, -0.2) is 9.18 Å². The fourth-order valence-corrected chi connectivity index (χ4v) is 3.68. The van der Waals surface area contributed by atoms with Gasteiger partial charge in [-0.3, -0.25) is 4.79 Å². The maximum atomic E-state index is 13.8. The van der Waals surface area contributed by atoms with Gasteiger partial charge in [0.25, 0.3) is 5.91 Å². The zero-order chi connectivity index (χ0) is 21.0. The van der Waals surface area contributed by atoms with Crippen molar-refractivity contribution in [1.82, 2.24) is 5.32 Å². The number of thiophene rings is 1. The monoisotopic (exact) mass is 417 g/mol. The third kappa shape index (κ3) is 4.65. The maximum Gasteiger partial charge on any atom is 0.349 e. The predicted octanol–water partition coefficient (Wildman–Crippen LogP) is 3.92. The molecule has 3 aromatic rings. The number of halogens is 1. The molecule has 29 heavy (non-hydrogen) atoms. The summed E-state index contributed by atoms with van der Waals surface area (Å²) in [5.41, 5.74) is 0.800. The molecule has 0 saturated heterocycles. The molecule has 1 amide bonds. The number of hydrogen-bond acceptors (Lipinski definition) is 6. The average molecular weight is 417 g/mol. The fourth-order valence-electron chi connectivity index (χ4n) is 2.72. The van der Waals surface area contributed by atoms with E-state index in [1.54, 1.807) is 37.4 Å². The van der Waals surface area contributed by atoms with Crippen LogP contribution in [-0.4, -0.2) is 32.2 Å². The number of amides is 1. The molecule has 1 N–H and O–H groups in total. The Balaban J connectivity index is 1.59. The van der Waals surface area contributed by atoms with E-state index in [-0.39, 0.29) is 11.4 Å². The van der Waals surface area contributed by atoms with Crippen LogP contribution >= 0.6 is 11.3 Å². The van der Waals surface area contributed by atoms with E-state index in [9.17, 15) is 14.0 Å². The predicted molar refractivity (Wildman–Crippen MR) is 108 cm³/mol. The molecule has 0 aliphatic rings. The zero-order valence-corrected chi connectivity index (χ0v) is 17.0. The first kappa shape index (κ1) is 20.6. The highest BCUT2D eigenvalue weighted by Gasteiger charge is 2.21. The van der Waals surface area contributed by atoms with Gasteiger partial charge < -0.3 is 19.5 Å². The Kier molecular flexibility index (Phi) is 6.33. The van der Waals surface area contributed by atoms with Crippen LogP contribution in [0.25, 0.3) is 10.1 Å². The van der Waals surface area contributed by atoms with Gasteiger partial charge in [0.1, 0.15) is 10.7 Å². The second-order valence-electron chi connectivity index (χ2n) is 6.22. The van der Waals surface area contributed by atoms with E-state index in [0.717, 1.165) is 16.9 Å². The van der Waals surface area contributed by atoms with Crippen LogP contribution in [-0.2, 0) is 16.1 Å². The number of fused-ring (bicyclic) bond motifs is 1. The minimum Gasteiger partial charge on any atom is -0.493 e. The number of carbonyl (C=O) groups is 2. The number of ether oxygens (including phenoxy) is 3. The van der Waals surface area contributed by atoms with Crippen molar-refractivity contribution in [2.75, 3.05) is 14.2 Å². The van der Waals surface area contributed by atoms with Crippen molar-refractivity contribution < 1.29 is 28.2 Å². The molecule has 1 heterocycles. The van der Waals surface area contributed by atoms with Crippen molar-refractivity contribution >= 4 is 33.3 Å². The third-order valence-corrected chi connectivity index (χ3v) is 5.36. The zero-order valence-electron chi connectivity index (χ0n) is 16.2. The van der Waals surface area contributed by atoms with E-state index >= 15 is 0 Å². The van der Waals surface area contributed by atoms with E-state index in [4.69, 9.17) is 14.2 Å². The molecule has 0 aliphatic heterocycles. The molecule has 0 radical (unpaired) electrons. The topological polar surface area (TPSA) is 73.9 Å². The van der Waals surface area contributed by atoms with Crippen molar-refractivity contribution in [3.63, 3.8) is 0 Å². The molecule has 0 aliphatic carbocycles. The largest absolute Gasteiger partial charge is 0.493 e. The Labute approximate surface area is 171 Å². The van der Waals surface area contributed by atoms with E-state index in [2.05, 4.69) is 5.32 Å². The van der Waals surface area contributed by atoms with Crippen LogP contribution in [0.5, 0.6) is 11.5 Å². The Morgan fingerprint density at radius 1 is 1.10 bits per heavy atom. The number of methoxy groups -OCH3 is 2. The molecule has 8 heteroatoms. The molecule has 152 valence electrons. The van der Waals surface area contributed by atoms with Crippen molar-refractivity contribution in [3.8, 4) is 11.5 Å². The smallest absolute Gasteiger partial charge is 0.349 e. The highest BCUT2D eigenvalue weighted by molar-refractivity contribution is 7.20. The summed E-state index contributed by atoms with van der Waals surface area (Å²) in [6.45, 7) is 1.71. The number of benzene rings is 2. The van der Waals surface area contributed by atoms with Crippen LogP contribution in [0.1, 0.15) is 22.2 Å². The Morgan fingerprint density at radius 2 is 1.86 bits per heavy atom. The third-order valence-electron chi connectivity index (χ3n) is 4.28. The average Bonchev–Trinajstić information content (AvgIpc) is 3.17. The summed E-state index contributed by atoms with van der Waals surface area (Å²) in [4.78, 5) is 24.9. The van der Waals surface area contributed by atoms with Gasteiger partial charge in [-0.1, -0.05) is 12.1 Å². The molecule has 3 rings (SSSR count). The Morgan fingerprint density at radius 3 is 2.55 bits per heavy atom. The summed E-state index contributed by atoms with van der Waals surface area (Å²) in [6.07, 6.45) is -1.00. The summed E-state index contributed by atoms with van der Waals surface area (Å²) in [5, 5.41) is 3.07. The van der Waals surface area contributed by atoms with Crippen LogP contribution in [0.2, 0.25) is 0 Å². The van der Waals surface area contributed by atoms with Gasteiger partial charge in [0, 0.05) is 16.6 Å². The van der Waals surface area contributed by atoms with Crippen molar-refractivity contribution in [2.24, 2.45) is 0 Å². The van der Waals surface area contributed by atoms with Gasteiger partial charge in [0.05, 0.1) is 14.2 Å². The second kappa shape index (κ2) is 8.91. The summed E-state index contributed by atoms with van der Waals surface area (Å²) >= 11 is 1.12. The van der Waals surface area contributed by atoms with E-state index in [0.29, 0.717) is 21.6 Å². The molecule has 6 nitrogen and oxygen atoms in total. The van der Waals surface area contributed by atoms with Gasteiger partial charge in [-0.15, -0.1) is 11.3 Å². The SMILES string of the molecule is COc1ccc(CNC(=O)[C@@H](C)OC(=O)c2cc3c(F)cccc3s2)cc1OC. The Hall–Kier alpha value is -3.13. The number of carbonyl (C=O) groups excluding carboxylic acids is 2. The normalized spacial score (nSPS) is 11.7. The number of esters is 1. The van der Waals surface area contributed by atoms with Crippen LogP contribution in [0.4, 0.5) is 4.39 Å². The lowest BCUT2D eigenvalue weighted by molar-refractivity contribution is -0.129. The second-order valence-corrected chi connectivity index (χ2v) is 7.30. The van der Waals surface area contributed by atoms with Crippen molar-refractivity contribution in [2.45, 2.75) is 19.6 Å². The number of nitrogens with one attached hydrogen (secondary N) is 1. The molecule has 0 spiro atoms. The minimum atomic E-state index is -1.00. The van der Waals surface area contributed by atoms with Crippen LogP contribution in [0, 0.1) is 5.82 Å². The van der Waals surface area contributed by atoms with Crippen LogP contribution < -0.4 is 14.8 Å². The summed E-state index contributed by atoms with van der Waals surface area (Å²) < 4.78 is 30.1. The number of hydrogen-bond donors (Lipinski definition) is 1. The maximum absolute atomic E-state index is 13.8. The fraction of sp³-hybridized carbons (Fsp3) is 0.238. The van der Waals surface area contributed by atoms with Gasteiger partial charge in [-0.05, 0) is 42.8 Å². The molecular formula is C21H20FNO5S. The molecule has 0 fully saturated rings. The van der Waals surface area contributed by atoms with Crippen LogP contribution in [0.3, 0.4) is 0 Å². The highest BCUT2D eigenvalue weighted by Crippen LogP contribution is 2.29. The van der Waals surface area contributed by atoms with E-state index in [1.165, 1.54) is 26.2 Å². The van der Waals surface area contributed by atoms with Crippen molar-refractivity contribution in [1.29, 1.82) is 0 Å². The molecule has 1 aromatic heterocycles. The molecular weight excluding hydrogens is 397 g/mol. The first-order valence-electron chi connectivity index (χ1n) is 8.80. The lowest BCUT2D eigenvalue weighted by atomic mass is 10.2. The quantitative estimate of drug-likeness (QED) is 0.590. The highest BCUT2D eigenvalue weighted by atomic mass is 32.1. The van der Waals surface area contributed by atoms with Gasteiger partial charge in [0.15, 0.2) is 17.6 Å². The van der Waals surface area contributed by atoms with Gasteiger partial charge in [-0.2, -0.15) is 0 Å². The standard InChI is InChI=1S/C21H20FNO5S/c1-12(20(24)23-11-13-7-8-16(26-2)17(9-13)27-3)28-21(25)19-10-14-15(22)5-4-6-18(14)29-19/h4-10,12H,11H2,1-3H3,(H,23,24)/t12-/m1/s1. The van der Waals surface area contributed by atoms with Gasteiger partial charge >= 0.3 is 5.97 Å². The van der Waals surface area contributed by atoms with Gasteiger partial charge in [0.2, 0.25) is 0 Å². The summed E-state index contributed by atoms with van der Waals surface area (Å²) in [5.74, 6) is -0.376. The number of rotatable bonds is 7.